The zero-order valence-corrected chi connectivity index (χ0v) is 46.1. The van der Waals surface area contributed by atoms with E-state index in [1.54, 1.807) is 31.4 Å². The maximum absolute atomic E-state index is 14.8. The monoisotopic (exact) mass is 1090 g/mol. The summed E-state index contributed by atoms with van der Waals surface area (Å²) in [6.45, 7) is 1.94. The van der Waals surface area contributed by atoms with E-state index in [0.29, 0.717) is 30.8 Å². The van der Waals surface area contributed by atoms with Crippen LogP contribution in [-0.2, 0) is 66.3 Å². The number of amides is 2. The third kappa shape index (κ3) is 17.8. The number of nitrogens with zero attached hydrogens (tertiary/aromatic N) is 1. The highest BCUT2D eigenvalue weighted by Crippen LogP contribution is 2.40. The van der Waals surface area contributed by atoms with E-state index in [0.717, 1.165) is 84.9 Å². The Bertz CT molecular complexity index is 2710. The molecular weight excluding hydrogens is 1010 g/mol. The van der Waals surface area contributed by atoms with E-state index in [4.69, 9.17) is 33.2 Å². The van der Waals surface area contributed by atoms with Crippen molar-refractivity contribution in [1.82, 2.24) is 4.90 Å². The lowest BCUT2D eigenvalue weighted by Gasteiger charge is -2.49. The molecule has 8 rings (SSSR count). The van der Waals surface area contributed by atoms with Crippen LogP contribution in [0.2, 0.25) is 0 Å². The van der Waals surface area contributed by atoms with Crippen molar-refractivity contribution in [3.05, 3.63) is 209 Å². The summed E-state index contributed by atoms with van der Waals surface area (Å²) in [6.07, 6.45) is 1.87. The molecule has 8 atom stereocenters. The molecule has 6 aromatic carbocycles. The topological polar surface area (TPSA) is 160 Å². The highest BCUT2D eigenvalue weighted by atomic mass is 16.6. The number of hydrogen-bond donors (Lipinski definition) is 2. The van der Waals surface area contributed by atoms with Crippen molar-refractivity contribution in [2.24, 2.45) is 5.92 Å². The molecule has 0 saturated carbocycles. The van der Waals surface area contributed by atoms with Crippen LogP contribution in [0.15, 0.2) is 170 Å². The van der Waals surface area contributed by atoms with Crippen LogP contribution in [0.4, 0.5) is 0 Å². The highest BCUT2D eigenvalue weighted by molar-refractivity contribution is 6.21. The molecule has 6 aromatic rings. The number of ether oxygens (including phenoxy) is 7. The molecule has 424 valence electrons. The van der Waals surface area contributed by atoms with Crippen LogP contribution >= 0.6 is 0 Å². The third-order valence-electron chi connectivity index (χ3n) is 15.1. The average Bonchev–Trinajstić information content (AvgIpc) is 3.76. The van der Waals surface area contributed by atoms with E-state index >= 15 is 0 Å². The molecule has 1 fully saturated rings. The first-order valence-corrected chi connectivity index (χ1v) is 28.5. The van der Waals surface area contributed by atoms with E-state index in [1.807, 2.05) is 146 Å². The van der Waals surface area contributed by atoms with Gasteiger partial charge in [0.05, 0.1) is 94.9 Å². The lowest BCUT2D eigenvalue weighted by atomic mass is 9.79. The van der Waals surface area contributed by atoms with E-state index in [9.17, 15) is 24.6 Å². The van der Waals surface area contributed by atoms with Gasteiger partial charge >= 0.3 is 0 Å². The Labute approximate surface area is 472 Å². The first kappa shape index (κ1) is 59.7. The first-order chi connectivity index (χ1) is 39.2. The predicted octanol–water partition coefficient (Wildman–Crippen LogP) is 11.4. The molecule has 13 nitrogen and oxygen atoms in total. The number of Topliss-reactive ketones (excluding diaryl/α,β-unsaturated/α-hetero) is 1. The van der Waals surface area contributed by atoms with Gasteiger partial charge in [0.25, 0.3) is 11.8 Å². The quantitative estimate of drug-likeness (QED) is 0.0287. The number of unbranched alkanes of at least 4 members (excludes halogenated alkanes) is 7. The van der Waals surface area contributed by atoms with Crippen LogP contribution in [0, 0.1) is 5.92 Å². The van der Waals surface area contributed by atoms with Crippen molar-refractivity contribution in [2.75, 3.05) is 26.9 Å². The normalized spacial score (nSPS) is 19.1. The number of imide groups is 1. The van der Waals surface area contributed by atoms with Crippen LogP contribution in [-0.4, -0.2) is 102 Å². The molecule has 13 heteroatoms. The van der Waals surface area contributed by atoms with Crippen LogP contribution < -0.4 is 4.74 Å². The summed E-state index contributed by atoms with van der Waals surface area (Å²) in [7, 11) is 1.66. The maximum Gasteiger partial charge on any atom is 0.261 e. The fourth-order valence-electron chi connectivity index (χ4n) is 10.8. The second kappa shape index (κ2) is 32.2. The number of aliphatic hydroxyl groups is 2. The van der Waals surface area contributed by atoms with Gasteiger partial charge in [-0.15, -0.1) is 0 Å². The van der Waals surface area contributed by atoms with Crippen LogP contribution in [0.5, 0.6) is 5.75 Å². The molecule has 80 heavy (non-hydrogen) atoms. The molecule has 1 saturated heterocycles. The number of methoxy groups -OCH3 is 1. The first-order valence-electron chi connectivity index (χ1n) is 28.5. The van der Waals surface area contributed by atoms with Gasteiger partial charge in [-0.2, -0.15) is 0 Å². The summed E-state index contributed by atoms with van der Waals surface area (Å²) in [5, 5.41) is 23.6. The number of ketones is 1. The molecule has 2 aliphatic rings. The standard InChI is InChI=1S/C67H79NO12/c1-74-55-37-35-53(36-38-55)42-75-39-23-7-5-3-2-4-6-20-34-61-63(68-66(72)56-32-21-22-33-57(56)67(68)73)64(78-45-51-28-16-10-17-29-51)58(62(80-61)48-77-44-50-26-14-9-15-27-50)40-54(69)41-59(70)65(79-46-52-30-18-11-19-31-52)60(71)47-76-43-49-24-12-8-13-25-49/h8-19,21-22,24-33,35-38,58-65,70-71H,2-7,20,23,34,39-48H2,1H3/t58-,59?,60-,61+,62-,63+,64+,65-/m1/s1. The highest BCUT2D eigenvalue weighted by Gasteiger charge is 2.54. The number of benzene rings is 6. The smallest absolute Gasteiger partial charge is 0.261 e. The molecule has 2 N–H and O–H groups in total. The number of hydrogen-bond acceptors (Lipinski definition) is 12. The van der Waals surface area contributed by atoms with E-state index in [2.05, 4.69) is 0 Å². The molecule has 0 bridgehead atoms. The van der Waals surface area contributed by atoms with Gasteiger partial charge in [-0.3, -0.25) is 19.3 Å². The number of fused-ring (bicyclic) bond motifs is 1. The molecule has 2 amide bonds. The number of rotatable bonds is 35. The van der Waals surface area contributed by atoms with Gasteiger partial charge in [-0.1, -0.05) is 191 Å². The number of aliphatic hydroxyl groups excluding tert-OH is 2. The second-order valence-corrected chi connectivity index (χ2v) is 21.0. The van der Waals surface area contributed by atoms with Crippen molar-refractivity contribution >= 4 is 17.6 Å². The maximum atomic E-state index is 14.8. The molecule has 1 unspecified atom stereocenters. The van der Waals surface area contributed by atoms with E-state index in [-0.39, 0.29) is 58.3 Å². The zero-order chi connectivity index (χ0) is 55.7. The SMILES string of the molecule is COc1ccc(COCCCCCCCCCC[C@@H]2O[C@H](COCc3ccccc3)[C@@H](CC(=O)CC(O)[C@@H](OCc3ccccc3)[C@H](O)COCc3ccccc3)[C@H](OCc3ccccc3)[C@H]2N2C(=O)c3ccccc3C2=O)cc1. The summed E-state index contributed by atoms with van der Waals surface area (Å²) >= 11 is 0. The summed E-state index contributed by atoms with van der Waals surface area (Å²) < 4.78 is 44.0. The van der Waals surface area contributed by atoms with Crippen molar-refractivity contribution in [3.63, 3.8) is 0 Å². The van der Waals surface area contributed by atoms with Crippen LogP contribution in [0.3, 0.4) is 0 Å². The van der Waals surface area contributed by atoms with Crippen molar-refractivity contribution < 1.29 is 57.8 Å². The van der Waals surface area contributed by atoms with Gasteiger partial charge in [0.2, 0.25) is 0 Å². The van der Waals surface area contributed by atoms with Crippen molar-refractivity contribution in [1.29, 1.82) is 0 Å². The fraction of sp³-hybridized carbons (Fsp3) is 0.418. The minimum atomic E-state index is -1.44. The fourth-order valence-corrected chi connectivity index (χ4v) is 10.8. The molecule has 0 aliphatic carbocycles. The van der Waals surface area contributed by atoms with Crippen molar-refractivity contribution in [2.45, 2.75) is 146 Å². The molecule has 0 radical (unpaired) electrons. The minimum absolute atomic E-state index is 0.0750. The van der Waals surface area contributed by atoms with Crippen LogP contribution in [0.1, 0.15) is 119 Å². The Balaban J connectivity index is 0.990. The zero-order valence-electron chi connectivity index (χ0n) is 46.1. The molecule has 2 aliphatic heterocycles. The number of carbonyl (C=O) groups excluding carboxylic acids is 3. The largest absolute Gasteiger partial charge is 0.497 e. The lowest BCUT2D eigenvalue weighted by molar-refractivity contribution is -0.205. The Morgan fingerprint density at radius 2 is 1.02 bits per heavy atom. The second-order valence-electron chi connectivity index (χ2n) is 21.0. The molecular formula is C67H79NO12. The molecule has 0 spiro atoms. The van der Waals surface area contributed by atoms with Gasteiger partial charge in [0.15, 0.2) is 0 Å². The van der Waals surface area contributed by atoms with Crippen molar-refractivity contribution in [3.8, 4) is 5.75 Å². The lowest BCUT2D eigenvalue weighted by Crippen LogP contribution is -2.64. The van der Waals surface area contributed by atoms with E-state index < -0.39 is 60.4 Å². The Hall–Kier alpha value is -6.39. The van der Waals surface area contributed by atoms with E-state index in [1.165, 1.54) is 4.90 Å². The summed E-state index contributed by atoms with van der Waals surface area (Å²) in [6, 6.07) is 52.3. The number of carbonyl (C=O) groups is 3. The van der Waals surface area contributed by atoms with Gasteiger partial charge < -0.3 is 43.4 Å². The summed E-state index contributed by atoms with van der Waals surface area (Å²) in [4.78, 5) is 45.5. The Morgan fingerprint density at radius 3 is 1.60 bits per heavy atom. The average molecular weight is 1090 g/mol. The van der Waals surface area contributed by atoms with Gasteiger partial charge in [0, 0.05) is 25.4 Å². The minimum Gasteiger partial charge on any atom is -0.497 e. The molecule has 0 aromatic heterocycles. The Kier molecular flexibility index (Phi) is 24.0. The van der Waals surface area contributed by atoms with Gasteiger partial charge in [-0.05, 0) is 64.9 Å². The predicted molar refractivity (Wildman–Crippen MR) is 306 cm³/mol. The third-order valence-corrected chi connectivity index (χ3v) is 15.1. The Morgan fingerprint density at radius 1 is 0.537 bits per heavy atom. The summed E-state index contributed by atoms with van der Waals surface area (Å²) in [5.41, 5.74) is 5.31. The van der Waals surface area contributed by atoms with Gasteiger partial charge in [0.1, 0.15) is 23.7 Å². The summed E-state index contributed by atoms with van der Waals surface area (Å²) in [5.74, 6) is -1.15. The molecule has 2 heterocycles. The van der Waals surface area contributed by atoms with Gasteiger partial charge in [-0.25, -0.2) is 0 Å². The van der Waals surface area contributed by atoms with Crippen LogP contribution in [0.25, 0.3) is 0 Å².